The molecule has 2 aliphatic rings. The van der Waals surface area contributed by atoms with Crippen molar-refractivity contribution in [3.8, 4) is 11.3 Å². The van der Waals surface area contributed by atoms with Gasteiger partial charge in [0.05, 0.1) is 11.4 Å². The van der Waals surface area contributed by atoms with Crippen LogP contribution in [-0.4, -0.2) is 32.6 Å². The largest absolute Gasteiger partial charge is 0.297 e. The minimum absolute atomic E-state index is 0.640. The van der Waals surface area contributed by atoms with Crippen molar-refractivity contribution >= 4 is 32.2 Å². The maximum Gasteiger partial charge on any atom is 0.213 e. The van der Waals surface area contributed by atoms with Crippen LogP contribution in [0, 0.1) is 0 Å². The van der Waals surface area contributed by atoms with Crippen molar-refractivity contribution in [1.29, 1.82) is 0 Å². The summed E-state index contributed by atoms with van der Waals surface area (Å²) in [6.45, 7) is 3.32. The fourth-order valence-electron chi connectivity index (χ4n) is 4.45. The molecule has 1 saturated heterocycles. The van der Waals surface area contributed by atoms with Crippen LogP contribution in [-0.2, 0) is 6.54 Å². The first-order chi connectivity index (χ1) is 13.3. The second kappa shape index (κ2) is 7.64. The van der Waals surface area contributed by atoms with E-state index in [4.69, 9.17) is 10.1 Å². The maximum atomic E-state index is 5.08. The Bertz CT molecular complexity index is 918. The monoisotopic (exact) mass is 444 g/mol. The molecule has 0 N–H and O–H groups in total. The van der Waals surface area contributed by atoms with Gasteiger partial charge in [-0.15, -0.1) is 0 Å². The average molecular weight is 445 g/mol. The molecule has 1 aliphatic carbocycles. The van der Waals surface area contributed by atoms with Gasteiger partial charge in [0.1, 0.15) is 5.01 Å². The minimum Gasteiger partial charge on any atom is -0.297 e. The number of aromatic nitrogens is 3. The van der Waals surface area contributed by atoms with E-state index in [-0.39, 0.29) is 0 Å². The van der Waals surface area contributed by atoms with E-state index in [1.54, 1.807) is 0 Å². The Morgan fingerprint density at radius 2 is 1.74 bits per heavy atom. The van der Waals surface area contributed by atoms with E-state index < -0.39 is 0 Å². The van der Waals surface area contributed by atoms with Gasteiger partial charge in [0.25, 0.3) is 0 Å². The van der Waals surface area contributed by atoms with Crippen LogP contribution in [0.15, 0.2) is 28.7 Å². The number of nitrogens with zero attached hydrogens (tertiary/aromatic N) is 4. The zero-order chi connectivity index (χ0) is 18.2. The van der Waals surface area contributed by atoms with E-state index in [2.05, 4.69) is 49.6 Å². The van der Waals surface area contributed by atoms with Crippen molar-refractivity contribution in [1.82, 2.24) is 19.5 Å². The van der Waals surface area contributed by atoms with Gasteiger partial charge in [0.2, 0.25) is 4.96 Å². The summed E-state index contributed by atoms with van der Waals surface area (Å²) in [7, 11) is 0. The van der Waals surface area contributed by atoms with Crippen LogP contribution in [0.5, 0.6) is 0 Å². The first-order valence-corrected chi connectivity index (χ1v) is 11.8. The average Bonchev–Trinajstić information content (AvgIpc) is 3.41. The topological polar surface area (TPSA) is 33.4 Å². The molecule has 0 unspecified atom stereocenters. The molecule has 1 saturated carbocycles. The fourth-order valence-corrected chi connectivity index (χ4v) is 5.80. The van der Waals surface area contributed by atoms with Crippen molar-refractivity contribution in [3.63, 3.8) is 0 Å². The molecule has 3 aromatic rings. The van der Waals surface area contributed by atoms with Gasteiger partial charge in [-0.2, -0.15) is 5.10 Å². The zero-order valence-electron chi connectivity index (χ0n) is 15.5. The van der Waals surface area contributed by atoms with Crippen molar-refractivity contribution in [2.24, 2.45) is 0 Å². The van der Waals surface area contributed by atoms with Crippen LogP contribution >= 0.6 is 27.3 Å². The van der Waals surface area contributed by atoms with Crippen molar-refractivity contribution in [3.05, 3.63) is 39.4 Å². The van der Waals surface area contributed by atoms with Crippen LogP contribution in [0.25, 0.3) is 16.2 Å². The molecule has 3 heterocycles. The predicted octanol–water partition coefficient (Wildman–Crippen LogP) is 5.86. The molecule has 0 bridgehead atoms. The number of benzene rings is 1. The summed E-state index contributed by atoms with van der Waals surface area (Å²) < 4.78 is 3.26. The molecule has 142 valence electrons. The van der Waals surface area contributed by atoms with Crippen molar-refractivity contribution < 1.29 is 0 Å². The highest BCUT2D eigenvalue weighted by Crippen LogP contribution is 2.37. The van der Waals surface area contributed by atoms with Gasteiger partial charge in [-0.05, 0) is 50.9 Å². The molecule has 2 fully saturated rings. The van der Waals surface area contributed by atoms with Gasteiger partial charge in [-0.3, -0.25) is 4.90 Å². The van der Waals surface area contributed by atoms with Gasteiger partial charge in [-0.25, -0.2) is 9.50 Å². The smallest absolute Gasteiger partial charge is 0.213 e. The van der Waals surface area contributed by atoms with E-state index in [9.17, 15) is 0 Å². The molecular weight excluding hydrogens is 420 g/mol. The van der Waals surface area contributed by atoms with Gasteiger partial charge in [0.15, 0.2) is 0 Å². The third-order valence-corrected chi connectivity index (χ3v) is 7.56. The number of fused-ring (bicyclic) bond motifs is 1. The van der Waals surface area contributed by atoms with E-state index in [0.717, 1.165) is 21.7 Å². The zero-order valence-corrected chi connectivity index (χ0v) is 17.9. The number of likely N-dealkylation sites (tertiary alicyclic amines) is 1. The Morgan fingerprint density at radius 3 is 2.48 bits per heavy atom. The summed E-state index contributed by atoms with van der Waals surface area (Å²) in [6.07, 6.45) is 9.26. The van der Waals surface area contributed by atoms with Crippen LogP contribution in [0.4, 0.5) is 0 Å². The van der Waals surface area contributed by atoms with Gasteiger partial charge < -0.3 is 0 Å². The number of hydrogen-bond acceptors (Lipinski definition) is 4. The molecule has 4 nitrogen and oxygen atoms in total. The van der Waals surface area contributed by atoms with Gasteiger partial charge in [0, 0.05) is 22.5 Å². The SMILES string of the molecule is Brc1ccc(-c2nc3sc(C4CCCCC4)nn3c2CN2CCCC2)cc1. The normalized spacial score (nSPS) is 19.3. The van der Waals surface area contributed by atoms with E-state index in [1.165, 1.54) is 74.3 Å². The molecule has 2 aromatic heterocycles. The molecule has 0 spiro atoms. The number of imidazole rings is 1. The summed E-state index contributed by atoms with van der Waals surface area (Å²) in [5.74, 6) is 0.640. The Balaban J connectivity index is 1.56. The second-order valence-electron chi connectivity index (χ2n) is 7.87. The molecule has 0 radical (unpaired) electrons. The second-order valence-corrected chi connectivity index (χ2v) is 9.77. The van der Waals surface area contributed by atoms with Gasteiger partial charge in [-0.1, -0.05) is 58.7 Å². The van der Waals surface area contributed by atoms with Crippen LogP contribution in [0.1, 0.15) is 61.6 Å². The fraction of sp³-hybridized carbons (Fsp3) is 0.524. The Hall–Kier alpha value is -1.24. The lowest BCUT2D eigenvalue weighted by molar-refractivity contribution is 0.325. The highest BCUT2D eigenvalue weighted by Gasteiger charge is 2.25. The summed E-state index contributed by atoms with van der Waals surface area (Å²) in [6, 6.07) is 8.52. The third-order valence-electron chi connectivity index (χ3n) is 5.96. The lowest BCUT2D eigenvalue weighted by Crippen LogP contribution is -2.20. The molecule has 0 amide bonds. The number of hydrogen-bond donors (Lipinski definition) is 0. The number of rotatable bonds is 4. The molecule has 27 heavy (non-hydrogen) atoms. The molecular formula is C21H25BrN4S. The summed E-state index contributed by atoms with van der Waals surface area (Å²) >= 11 is 5.35. The molecule has 5 rings (SSSR count). The minimum atomic E-state index is 0.640. The van der Waals surface area contributed by atoms with Crippen LogP contribution in [0.2, 0.25) is 0 Å². The highest BCUT2D eigenvalue weighted by atomic mass is 79.9. The Kier molecular flexibility index (Phi) is 5.05. The quantitative estimate of drug-likeness (QED) is 0.504. The first-order valence-electron chi connectivity index (χ1n) is 10.1. The standard InChI is InChI=1S/C21H25BrN4S/c22-17-10-8-15(9-11-17)19-18(14-25-12-4-5-13-25)26-21(23-19)27-20(24-26)16-6-2-1-3-7-16/h8-11,16H,1-7,12-14H2. The predicted molar refractivity (Wildman–Crippen MR) is 114 cm³/mol. The summed E-state index contributed by atoms with van der Waals surface area (Å²) in [5, 5.41) is 6.37. The van der Waals surface area contributed by atoms with Crippen LogP contribution in [0.3, 0.4) is 0 Å². The van der Waals surface area contributed by atoms with E-state index in [1.807, 2.05) is 11.3 Å². The number of halogens is 1. The molecule has 1 aromatic carbocycles. The van der Waals surface area contributed by atoms with Crippen molar-refractivity contribution in [2.75, 3.05) is 13.1 Å². The lowest BCUT2D eigenvalue weighted by Gasteiger charge is -2.18. The maximum absolute atomic E-state index is 5.08. The lowest BCUT2D eigenvalue weighted by atomic mass is 9.90. The van der Waals surface area contributed by atoms with E-state index >= 15 is 0 Å². The first kappa shape index (κ1) is 17.8. The third kappa shape index (κ3) is 3.59. The Morgan fingerprint density at radius 1 is 1.00 bits per heavy atom. The summed E-state index contributed by atoms with van der Waals surface area (Å²) in [4.78, 5) is 8.65. The van der Waals surface area contributed by atoms with Crippen LogP contribution < -0.4 is 0 Å². The molecule has 0 atom stereocenters. The van der Waals surface area contributed by atoms with Gasteiger partial charge >= 0.3 is 0 Å². The highest BCUT2D eigenvalue weighted by molar-refractivity contribution is 9.10. The molecule has 1 aliphatic heterocycles. The van der Waals surface area contributed by atoms with Crippen molar-refractivity contribution in [2.45, 2.75) is 57.4 Å². The summed E-state index contributed by atoms with van der Waals surface area (Å²) in [5.41, 5.74) is 3.54. The van der Waals surface area contributed by atoms with E-state index in [0.29, 0.717) is 5.92 Å². The Labute approximate surface area is 172 Å². The molecule has 6 heteroatoms.